The number of hydrogen-bond donors (Lipinski definition) is 0. The number of halogens is 1. The van der Waals surface area contributed by atoms with Crippen molar-refractivity contribution in [3.05, 3.63) is 47.0 Å². The van der Waals surface area contributed by atoms with Crippen LogP contribution in [0.1, 0.15) is 28.8 Å². The van der Waals surface area contributed by atoms with E-state index in [4.69, 9.17) is 11.6 Å². The van der Waals surface area contributed by atoms with Gasteiger partial charge in [0.2, 0.25) is 0 Å². The zero-order valence-electron chi connectivity index (χ0n) is 12.6. The quantitative estimate of drug-likeness (QED) is 0.874. The maximum absolute atomic E-state index is 12.8. The lowest BCUT2D eigenvalue weighted by molar-refractivity contribution is 0.0659. The van der Waals surface area contributed by atoms with Gasteiger partial charge < -0.3 is 4.90 Å². The Bertz CT molecular complexity index is 656. The third-order valence-electron chi connectivity index (χ3n) is 4.22. The number of likely N-dealkylation sites (tertiary alicyclic amines) is 1. The summed E-state index contributed by atoms with van der Waals surface area (Å²) in [6.45, 7) is 4.26. The van der Waals surface area contributed by atoms with Gasteiger partial charge in [-0.1, -0.05) is 17.7 Å². The Morgan fingerprint density at radius 3 is 3.09 bits per heavy atom. The summed E-state index contributed by atoms with van der Waals surface area (Å²) in [7, 11) is 0. The number of hydrogen-bond acceptors (Lipinski definition) is 3. The predicted molar refractivity (Wildman–Crippen MR) is 84.8 cm³/mol. The van der Waals surface area contributed by atoms with E-state index in [9.17, 15) is 4.79 Å². The van der Waals surface area contributed by atoms with E-state index in [1.807, 2.05) is 34.7 Å². The van der Waals surface area contributed by atoms with Gasteiger partial charge in [0.25, 0.3) is 5.91 Å². The summed E-state index contributed by atoms with van der Waals surface area (Å²) in [4.78, 5) is 18.7. The topological polar surface area (TPSA) is 51.0 Å². The molecule has 3 rings (SSSR count). The molecule has 6 heteroatoms. The highest BCUT2D eigenvalue weighted by Gasteiger charge is 2.26. The Hall–Kier alpha value is -1.88. The van der Waals surface area contributed by atoms with Gasteiger partial charge in [-0.3, -0.25) is 9.48 Å². The molecule has 1 aliphatic rings. The van der Waals surface area contributed by atoms with E-state index in [-0.39, 0.29) is 5.91 Å². The molecule has 0 aliphatic carbocycles. The summed E-state index contributed by atoms with van der Waals surface area (Å²) in [5, 5.41) is 4.79. The molecular formula is C16H19ClN4O. The number of benzene rings is 1. The minimum absolute atomic E-state index is 0.0725. The van der Waals surface area contributed by atoms with Gasteiger partial charge in [-0.25, -0.2) is 4.98 Å². The molecule has 22 heavy (non-hydrogen) atoms. The molecular weight excluding hydrogens is 300 g/mol. The Morgan fingerprint density at radius 2 is 2.32 bits per heavy atom. The van der Waals surface area contributed by atoms with Crippen LogP contribution in [0.15, 0.2) is 30.9 Å². The zero-order valence-corrected chi connectivity index (χ0v) is 13.3. The van der Waals surface area contributed by atoms with Gasteiger partial charge in [0.1, 0.15) is 12.7 Å². The van der Waals surface area contributed by atoms with Crippen molar-refractivity contribution < 1.29 is 4.79 Å². The van der Waals surface area contributed by atoms with Crippen LogP contribution in [0.5, 0.6) is 0 Å². The summed E-state index contributed by atoms with van der Waals surface area (Å²) in [6, 6.07) is 5.50. The summed E-state index contributed by atoms with van der Waals surface area (Å²) in [6.07, 6.45) is 5.39. The predicted octanol–water partition coefficient (Wildman–Crippen LogP) is 2.79. The first kappa shape index (κ1) is 15.0. The smallest absolute Gasteiger partial charge is 0.254 e. The van der Waals surface area contributed by atoms with Crippen LogP contribution in [0.4, 0.5) is 0 Å². The molecule has 0 saturated carbocycles. The molecule has 5 nitrogen and oxygen atoms in total. The molecule has 116 valence electrons. The number of amides is 1. The average molecular weight is 319 g/mol. The van der Waals surface area contributed by atoms with E-state index in [1.54, 1.807) is 12.7 Å². The van der Waals surface area contributed by atoms with Gasteiger partial charge in [0.15, 0.2) is 0 Å². The van der Waals surface area contributed by atoms with Crippen molar-refractivity contribution in [2.75, 3.05) is 13.1 Å². The van der Waals surface area contributed by atoms with E-state index in [0.29, 0.717) is 16.5 Å². The Labute approximate surface area is 134 Å². The van der Waals surface area contributed by atoms with Crippen LogP contribution in [-0.2, 0) is 6.54 Å². The fourth-order valence-corrected chi connectivity index (χ4v) is 3.17. The summed E-state index contributed by atoms with van der Waals surface area (Å²) in [5.74, 6) is 0.488. The molecule has 0 unspecified atom stereocenters. The largest absolute Gasteiger partial charge is 0.338 e. The van der Waals surface area contributed by atoms with Gasteiger partial charge in [-0.15, -0.1) is 0 Å². The highest BCUT2D eigenvalue weighted by Crippen LogP contribution is 2.24. The van der Waals surface area contributed by atoms with Gasteiger partial charge in [-0.05, 0) is 43.4 Å². The van der Waals surface area contributed by atoms with E-state index < -0.39 is 0 Å². The Balaban J connectivity index is 1.71. The first-order chi connectivity index (χ1) is 10.6. The van der Waals surface area contributed by atoms with Gasteiger partial charge in [0, 0.05) is 30.2 Å². The molecule has 0 bridgehead atoms. The first-order valence-corrected chi connectivity index (χ1v) is 7.89. The minimum Gasteiger partial charge on any atom is -0.338 e. The maximum atomic E-state index is 12.8. The lowest BCUT2D eigenvalue weighted by Gasteiger charge is -2.33. The SMILES string of the molecule is Cc1c(Cl)cccc1C(=O)N1CCC[C@@H](Cn2cncn2)C1. The standard InChI is InChI=1S/C16H19ClN4O/c1-12-14(5-2-6-15(12)17)16(22)20-7-3-4-13(8-20)9-21-11-18-10-19-21/h2,5-6,10-11,13H,3-4,7-9H2,1H3/t13-/m1/s1. The fourth-order valence-electron chi connectivity index (χ4n) is 3.00. The van der Waals surface area contributed by atoms with Gasteiger partial charge >= 0.3 is 0 Å². The van der Waals surface area contributed by atoms with Crippen LogP contribution >= 0.6 is 11.6 Å². The van der Waals surface area contributed by atoms with Crippen molar-refractivity contribution in [1.82, 2.24) is 19.7 Å². The van der Waals surface area contributed by atoms with Crippen molar-refractivity contribution in [1.29, 1.82) is 0 Å². The van der Waals surface area contributed by atoms with Crippen LogP contribution in [0.25, 0.3) is 0 Å². The molecule has 1 saturated heterocycles. The van der Waals surface area contributed by atoms with Crippen LogP contribution in [0, 0.1) is 12.8 Å². The Morgan fingerprint density at radius 1 is 1.45 bits per heavy atom. The van der Waals surface area contributed by atoms with Crippen molar-refractivity contribution >= 4 is 17.5 Å². The van der Waals surface area contributed by atoms with Crippen LogP contribution < -0.4 is 0 Å². The van der Waals surface area contributed by atoms with E-state index in [2.05, 4.69) is 10.1 Å². The molecule has 1 amide bonds. The minimum atomic E-state index is 0.0725. The second kappa shape index (κ2) is 6.48. The number of nitrogens with zero attached hydrogens (tertiary/aromatic N) is 4. The maximum Gasteiger partial charge on any atom is 0.254 e. The average Bonchev–Trinajstić information content (AvgIpc) is 3.02. The molecule has 1 fully saturated rings. The van der Waals surface area contributed by atoms with Crippen molar-refractivity contribution in [3.63, 3.8) is 0 Å². The van der Waals surface area contributed by atoms with Crippen molar-refractivity contribution in [2.24, 2.45) is 5.92 Å². The molecule has 1 aliphatic heterocycles. The number of aromatic nitrogens is 3. The molecule has 1 aromatic heterocycles. The van der Waals surface area contributed by atoms with Gasteiger partial charge in [0.05, 0.1) is 0 Å². The molecule has 1 atom stereocenters. The van der Waals surface area contributed by atoms with Crippen LogP contribution in [0.2, 0.25) is 5.02 Å². The molecule has 0 radical (unpaired) electrons. The second-order valence-corrected chi connectivity index (χ2v) is 6.20. The zero-order chi connectivity index (χ0) is 15.5. The number of carbonyl (C=O) groups is 1. The van der Waals surface area contributed by atoms with E-state index in [1.165, 1.54) is 0 Å². The normalized spacial score (nSPS) is 18.5. The lowest BCUT2D eigenvalue weighted by atomic mass is 9.97. The molecule has 2 heterocycles. The van der Waals surface area contributed by atoms with E-state index >= 15 is 0 Å². The number of rotatable bonds is 3. The van der Waals surface area contributed by atoms with E-state index in [0.717, 1.165) is 38.0 Å². The lowest BCUT2D eigenvalue weighted by Crippen LogP contribution is -2.41. The highest BCUT2D eigenvalue weighted by atomic mass is 35.5. The Kier molecular flexibility index (Phi) is 4.43. The molecule has 0 spiro atoms. The van der Waals surface area contributed by atoms with Crippen molar-refractivity contribution in [3.8, 4) is 0 Å². The van der Waals surface area contributed by atoms with Gasteiger partial charge in [-0.2, -0.15) is 5.10 Å². The molecule has 0 N–H and O–H groups in total. The first-order valence-electron chi connectivity index (χ1n) is 7.52. The van der Waals surface area contributed by atoms with Crippen LogP contribution in [-0.4, -0.2) is 38.7 Å². The number of piperidine rings is 1. The summed E-state index contributed by atoms with van der Waals surface area (Å²) < 4.78 is 1.84. The molecule has 2 aromatic rings. The summed E-state index contributed by atoms with van der Waals surface area (Å²) in [5.41, 5.74) is 1.56. The highest BCUT2D eigenvalue weighted by molar-refractivity contribution is 6.31. The second-order valence-electron chi connectivity index (χ2n) is 5.79. The monoisotopic (exact) mass is 318 g/mol. The molecule has 1 aromatic carbocycles. The summed E-state index contributed by atoms with van der Waals surface area (Å²) >= 11 is 6.13. The number of carbonyl (C=O) groups excluding carboxylic acids is 1. The third-order valence-corrected chi connectivity index (χ3v) is 4.63. The third kappa shape index (κ3) is 3.14. The fraction of sp³-hybridized carbons (Fsp3) is 0.438. The van der Waals surface area contributed by atoms with Crippen molar-refractivity contribution in [2.45, 2.75) is 26.3 Å². The van der Waals surface area contributed by atoms with Crippen LogP contribution in [0.3, 0.4) is 0 Å².